The molecule has 0 spiro atoms. The molecule has 70 valence electrons. The zero-order valence-electron chi connectivity index (χ0n) is 7.07. The topological polar surface area (TPSA) is 67.8 Å². The van der Waals surface area contributed by atoms with E-state index in [-0.39, 0.29) is 5.70 Å². The summed E-state index contributed by atoms with van der Waals surface area (Å²) < 4.78 is 0. The molecule has 1 aromatic rings. The van der Waals surface area contributed by atoms with Gasteiger partial charge in [0.05, 0.1) is 0 Å². The summed E-state index contributed by atoms with van der Waals surface area (Å²) >= 11 is 5.79. The predicted molar refractivity (Wildman–Crippen MR) is 52.4 cm³/mol. The Bertz CT molecular complexity index is 465. The maximum atomic E-state index is 11.0. The molecule has 14 heavy (non-hydrogen) atoms. The van der Waals surface area contributed by atoms with Crippen molar-refractivity contribution in [1.29, 1.82) is 0 Å². The van der Waals surface area contributed by atoms with Gasteiger partial charge in [0.15, 0.2) is 0 Å². The van der Waals surface area contributed by atoms with E-state index in [9.17, 15) is 4.79 Å². The molecule has 0 fully saturated rings. The van der Waals surface area contributed by atoms with Crippen LogP contribution in [0.3, 0.4) is 0 Å². The minimum Gasteiger partial charge on any atom is -0.392 e. The normalized spacial score (nSPS) is 15.4. The highest BCUT2D eigenvalue weighted by atomic mass is 35.5. The number of hydrogen-bond donors (Lipinski definition) is 1. The van der Waals surface area contributed by atoms with Crippen LogP contribution >= 0.6 is 11.6 Å². The third kappa shape index (κ3) is 1.40. The van der Waals surface area contributed by atoms with Gasteiger partial charge in [-0.15, -0.1) is 10.2 Å². The van der Waals surface area contributed by atoms with Gasteiger partial charge >= 0.3 is 5.91 Å². The van der Waals surface area contributed by atoms with Crippen LogP contribution in [0.4, 0.5) is 0 Å². The van der Waals surface area contributed by atoms with Crippen LogP contribution in [-0.4, -0.2) is 5.91 Å². The summed E-state index contributed by atoms with van der Waals surface area (Å²) in [6, 6.07) is 6.94. The molecular formula is C9H6ClN3O. The van der Waals surface area contributed by atoms with E-state index >= 15 is 0 Å². The van der Waals surface area contributed by atoms with Gasteiger partial charge in [-0.3, -0.25) is 4.79 Å². The van der Waals surface area contributed by atoms with E-state index in [2.05, 4.69) is 10.2 Å². The van der Waals surface area contributed by atoms with Crippen LogP contribution < -0.4 is 5.73 Å². The zero-order chi connectivity index (χ0) is 10.1. The number of nitrogens with two attached hydrogens (primary N) is 1. The lowest BCUT2D eigenvalue weighted by atomic mass is 10.1. The van der Waals surface area contributed by atoms with Crippen molar-refractivity contribution >= 4 is 23.2 Å². The summed E-state index contributed by atoms with van der Waals surface area (Å²) in [4.78, 5) is 11.0. The monoisotopic (exact) mass is 207 g/mol. The third-order valence-electron chi connectivity index (χ3n) is 1.82. The molecule has 0 saturated heterocycles. The highest BCUT2D eigenvalue weighted by Gasteiger charge is 2.19. The number of halogens is 1. The van der Waals surface area contributed by atoms with E-state index in [1.165, 1.54) is 0 Å². The van der Waals surface area contributed by atoms with E-state index < -0.39 is 5.91 Å². The number of carbonyl (C=O) groups excluding carboxylic acids is 1. The summed E-state index contributed by atoms with van der Waals surface area (Å²) in [5.74, 6) is -0.500. The van der Waals surface area contributed by atoms with Gasteiger partial charge in [0.1, 0.15) is 11.4 Å². The minimum atomic E-state index is -0.500. The van der Waals surface area contributed by atoms with Crippen molar-refractivity contribution in [3.63, 3.8) is 0 Å². The molecular weight excluding hydrogens is 202 g/mol. The molecule has 2 rings (SSSR count). The van der Waals surface area contributed by atoms with E-state index in [1.807, 2.05) is 0 Å². The van der Waals surface area contributed by atoms with Crippen molar-refractivity contribution in [2.75, 3.05) is 0 Å². The van der Waals surface area contributed by atoms with Crippen molar-refractivity contribution < 1.29 is 4.79 Å². The molecule has 1 aliphatic rings. The third-order valence-corrected chi connectivity index (χ3v) is 2.06. The summed E-state index contributed by atoms with van der Waals surface area (Å²) in [5.41, 5.74) is 6.65. The summed E-state index contributed by atoms with van der Waals surface area (Å²) in [6.07, 6.45) is 0. The van der Waals surface area contributed by atoms with Crippen LogP contribution in [0.15, 0.2) is 40.2 Å². The number of hydrogen-bond acceptors (Lipinski definition) is 3. The molecule has 0 radical (unpaired) electrons. The SMILES string of the molecule is NC1=C(c2cccc(Cl)c2)N=NC1=O. The first-order valence-corrected chi connectivity index (χ1v) is 4.28. The molecule has 0 saturated carbocycles. The largest absolute Gasteiger partial charge is 0.392 e. The lowest BCUT2D eigenvalue weighted by Gasteiger charge is -1.98. The lowest BCUT2D eigenvalue weighted by molar-refractivity contribution is -0.114. The average Bonchev–Trinajstić information content (AvgIpc) is 2.48. The Morgan fingerprint density at radius 3 is 2.64 bits per heavy atom. The molecule has 1 aromatic carbocycles. The molecule has 1 amide bonds. The van der Waals surface area contributed by atoms with Crippen molar-refractivity contribution in [2.45, 2.75) is 0 Å². The van der Waals surface area contributed by atoms with Crippen molar-refractivity contribution in [3.8, 4) is 0 Å². The number of amides is 1. The molecule has 0 atom stereocenters. The van der Waals surface area contributed by atoms with Crippen molar-refractivity contribution in [2.24, 2.45) is 16.0 Å². The van der Waals surface area contributed by atoms with Gasteiger partial charge in [-0.05, 0) is 12.1 Å². The van der Waals surface area contributed by atoms with Gasteiger partial charge in [0.2, 0.25) is 0 Å². The standard InChI is InChI=1S/C9H6ClN3O/c10-6-3-1-2-5(4-6)8-7(11)9(14)13-12-8/h1-4H,(H2,11,13,14). The summed E-state index contributed by atoms with van der Waals surface area (Å²) in [6.45, 7) is 0. The van der Waals surface area contributed by atoms with E-state index in [0.717, 1.165) is 0 Å². The maximum Gasteiger partial charge on any atom is 0.313 e. The molecule has 0 unspecified atom stereocenters. The summed E-state index contributed by atoms with van der Waals surface area (Å²) in [7, 11) is 0. The first-order chi connectivity index (χ1) is 6.68. The fourth-order valence-electron chi connectivity index (χ4n) is 1.15. The van der Waals surface area contributed by atoms with E-state index in [4.69, 9.17) is 17.3 Å². The van der Waals surface area contributed by atoms with Crippen LogP contribution in [-0.2, 0) is 4.79 Å². The van der Waals surface area contributed by atoms with Crippen LogP contribution in [0.25, 0.3) is 5.70 Å². The van der Waals surface area contributed by atoms with Gasteiger partial charge in [0, 0.05) is 10.6 Å². The molecule has 4 nitrogen and oxygen atoms in total. The Hall–Kier alpha value is -1.68. The first kappa shape index (κ1) is 8.90. The van der Waals surface area contributed by atoms with Crippen molar-refractivity contribution in [1.82, 2.24) is 0 Å². The quantitative estimate of drug-likeness (QED) is 0.765. The number of nitrogens with zero attached hydrogens (tertiary/aromatic N) is 2. The highest BCUT2D eigenvalue weighted by molar-refractivity contribution is 6.30. The van der Waals surface area contributed by atoms with Gasteiger partial charge in [-0.2, -0.15) is 0 Å². The van der Waals surface area contributed by atoms with Crippen LogP contribution in [0, 0.1) is 0 Å². The summed E-state index contributed by atoms with van der Waals surface area (Å²) in [5, 5.41) is 7.60. The Balaban J connectivity index is 2.51. The second kappa shape index (κ2) is 3.23. The van der Waals surface area contributed by atoms with Gasteiger partial charge in [-0.1, -0.05) is 23.7 Å². The van der Waals surface area contributed by atoms with Gasteiger partial charge in [-0.25, -0.2) is 0 Å². The number of azo groups is 1. The minimum absolute atomic E-state index is 0.0623. The second-order valence-electron chi connectivity index (χ2n) is 2.78. The zero-order valence-corrected chi connectivity index (χ0v) is 7.82. The number of benzene rings is 1. The van der Waals surface area contributed by atoms with E-state index in [1.54, 1.807) is 24.3 Å². The Labute approximate surface area is 85.1 Å². The molecule has 1 aliphatic heterocycles. The smallest absolute Gasteiger partial charge is 0.313 e. The Morgan fingerprint density at radius 1 is 1.29 bits per heavy atom. The molecule has 0 aliphatic carbocycles. The van der Waals surface area contributed by atoms with Crippen LogP contribution in [0.2, 0.25) is 5.02 Å². The second-order valence-corrected chi connectivity index (χ2v) is 3.21. The number of rotatable bonds is 1. The molecule has 0 aromatic heterocycles. The lowest BCUT2D eigenvalue weighted by Crippen LogP contribution is -2.06. The number of carbonyl (C=O) groups is 1. The highest BCUT2D eigenvalue weighted by Crippen LogP contribution is 2.25. The molecule has 0 bridgehead atoms. The Morgan fingerprint density at radius 2 is 2.07 bits per heavy atom. The van der Waals surface area contributed by atoms with Crippen molar-refractivity contribution in [3.05, 3.63) is 40.5 Å². The van der Waals surface area contributed by atoms with Gasteiger partial charge in [0.25, 0.3) is 0 Å². The Kier molecular flexibility index (Phi) is 2.05. The fraction of sp³-hybridized carbons (Fsp3) is 0. The average molecular weight is 208 g/mol. The van der Waals surface area contributed by atoms with Gasteiger partial charge < -0.3 is 5.73 Å². The molecule has 2 N–H and O–H groups in total. The fourth-order valence-corrected chi connectivity index (χ4v) is 1.34. The van der Waals surface area contributed by atoms with Crippen LogP contribution in [0.1, 0.15) is 5.56 Å². The molecule has 1 heterocycles. The van der Waals surface area contributed by atoms with Crippen LogP contribution in [0.5, 0.6) is 0 Å². The first-order valence-electron chi connectivity index (χ1n) is 3.90. The van der Waals surface area contributed by atoms with E-state index in [0.29, 0.717) is 16.3 Å². The maximum absolute atomic E-state index is 11.0. The predicted octanol–water partition coefficient (Wildman–Crippen LogP) is 1.96. The molecule has 5 heteroatoms.